The van der Waals surface area contributed by atoms with Gasteiger partial charge in [-0.2, -0.15) is 0 Å². The van der Waals surface area contributed by atoms with Gasteiger partial charge < -0.3 is 20.3 Å². The number of nitrogens with zero attached hydrogens (tertiary/aromatic N) is 1. The minimum atomic E-state index is -0.632. The normalized spacial score (nSPS) is 16.0. The Morgan fingerprint density at radius 3 is 2.36 bits per heavy atom. The van der Waals surface area contributed by atoms with E-state index >= 15 is 0 Å². The second-order valence-corrected chi connectivity index (χ2v) is 5.79. The van der Waals surface area contributed by atoms with Crippen molar-refractivity contribution < 1.29 is 14.3 Å². The van der Waals surface area contributed by atoms with Crippen molar-refractivity contribution in [2.24, 2.45) is 0 Å². The summed E-state index contributed by atoms with van der Waals surface area (Å²) in [6.07, 6.45) is 0. The average Bonchev–Trinajstić information content (AvgIpc) is 2.46. The Labute approximate surface area is 138 Å². The fraction of sp³-hybridized carbons (Fsp3) is 0.429. The van der Waals surface area contributed by atoms with Gasteiger partial charge in [-0.25, -0.2) is 4.79 Å². The van der Waals surface area contributed by atoms with Gasteiger partial charge in [-0.1, -0.05) is 23.2 Å². The molecule has 1 fully saturated rings. The molecule has 1 aliphatic heterocycles. The molecule has 1 heterocycles. The van der Waals surface area contributed by atoms with Crippen LogP contribution in [-0.2, 0) is 9.53 Å². The average molecular weight is 346 g/mol. The number of rotatable bonds is 3. The van der Waals surface area contributed by atoms with Crippen LogP contribution in [0.2, 0.25) is 10.0 Å². The molecule has 0 saturated carbocycles. The Morgan fingerprint density at radius 1 is 1.18 bits per heavy atom. The van der Waals surface area contributed by atoms with Crippen LogP contribution in [-0.4, -0.2) is 49.2 Å². The van der Waals surface area contributed by atoms with E-state index < -0.39 is 12.1 Å². The highest BCUT2D eigenvalue weighted by molar-refractivity contribution is 6.35. The number of hydrogen-bond donors (Lipinski definition) is 2. The zero-order chi connectivity index (χ0) is 16.1. The zero-order valence-electron chi connectivity index (χ0n) is 12.1. The maximum atomic E-state index is 12.2. The van der Waals surface area contributed by atoms with Crippen molar-refractivity contribution in [3.05, 3.63) is 28.2 Å². The van der Waals surface area contributed by atoms with Crippen LogP contribution in [0.5, 0.6) is 0 Å². The number of amides is 3. The minimum Gasteiger partial charge on any atom is -0.378 e. The third-order valence-corrected chi connectivity index (χ3v) is 3.60. The van der Waals surface area contributed by atoms with E-state index in [1.54, 1.807) is 30.0 Å². The molecule has 3 amide bonds. The standard InChI is InChI=1S/C14H17Cl2N3O3/c1-9(13(20)19-2-4-22-5-3-19)17-14(21)18-12-7-10(15)6-11(16)8-12/h6-9H,2-5H2,1H3,(H2,17,18,21)/t9-/m1/s1. The summed E-state index contributed by atoms with van der Waals surface area (Å²) in [6, 6.07) is 3.58. The van der Waals surface area contributed by atoms with E-state index in [0.717, 1.165) is 0 Å². The molecule has 0 radical (unpaired) electrons. The molecule has 1 aliphatic rings. The number of carbonyl (C=O) groups is 2. The fourth-order valence-corrected chi connectivity index (χ4v) is 2.64. The lowest BCUT2D eigenvalue weighted by molar-refractivity contribution is -0.136. The van der Waals surface area contributed by atoms with Crippen LogP contribution in [0.4, 0.5) is 10.5 Å². The first-order chi connectivity index (χ1) is 10.5. The molecule has 8 heteroatoms. The van der Waals surface area contributed by atoms with Gasteiger partial charge in [-0.05, 0) is 25.1 Å². The van der Waals surface area contributed by atoms with Crippen LogP contribution >= 0.6 is 23.2 Å². The van der Waals surface area contributed by atoms with Crippen LogP contribution in [0, 0.1) is 0 Å². The summed E-state index contributed by atoms with van der Waals surface area (Å²) >= 11 is 11.7. The number of hydrogen-bond acceptors (Lipinski definition) is 3. The van der Waals surface area contributed by atoms with Crippen LogP contribution in [0.1, 0.15) is 6.92 Å². The molecule has 0 spiro atoms. The summed E-state index contributed by atoms with van der Waals surface area (Å²) in [5.74, 6) is -0.137. The van der Waals surface area contributed by atoms with Crippen molar-refractivity contribution in [3.63, 3.8) is 0 Å². The summed E-state index contributed by atoms with van der Waals surface area (Å²) in [7, 11) is 0. The summed E-state index contributed by atoms with van der Waals surface area (Å²) in [6.45, 7) is 3.76. The van der Waals surface area contributed by atoms with Gasteiger partial charge in [0, 0.05) is 28.8 Å². The molecule has 1 aromatic carbocycles. The van der Waals surface area contributed by atoms with E-state index in [1.165, 1.54) is 0 Å². The van der Waals surface area contributed by atoms with Crippen LogP contribution < -0.4 is 10.6 Å². The minimum absolute atomic E-state index is 0.137. The van der Waals surface area contributed by atoms with E-state index in [2.05, 4.69) is 10.6 Å². The van der Waals surface area contributed by atoms with Gasteiger partial charge in [0.05, 0.1) is 13.2 Å². The molecule has 22 heavy (non-hydrogen) atoms. The maximum absolute atomic E-state index is 12.2. The molecule has 0 unspecified atom stereocenters. The predicted octanol–water partition coefficient (Wildman–Crippen LogP) is 2.36. The van der Waals surface area contributed by atoms with Crippen molar-refractivity contribution in [1.29, 1.82) is 0 Å². The molecule has 0 aromatic heterocycles. The van der Waals surface area contributed by atoms with Gasteiger partial charge in [0.15, 0.2) is 0 Å². The van der Waals surface area contributed by atoms with E-state index in [0.29, 0.717) is 42.0 Å². The lowest BCUT2D eigenvalue weighted by atomic mass is 10.2. The monoisotopic (exact) mass is 345 g/mol. The van der Waals surface area contributed by atoms with Gasteiger partial charge >= 0.3 is 6.03 Å². The number of anilines is 1. The third kappa shape index (κ3) is 4.76. The van der Waals surface area contributed by atoms with Gasteiger partial charge in [0.2, 0.25) is 5.91 Å². The highest BCUT2D eigenvalue weighted by Gasteiger charge is 2.23. The van der Waals surface area contributed by atoms with Crippen molar-refractivity contribution in [2.75, 3.05) is 31.6 Å². The molecular weight excluding hydrogens is 329 g/mol. The summed E-state index contributed by atoms with van der Waals surface area (Å²) < 4.78 is 5.19. The van der Waals surface area contributed by atoms with Crippen LogP contribution in [0.25, 0.3) is 0 Å². The maximum Gasteiger partial charge on any atom is 0.319 e. The number of nitrogens with one attached hydrogen (secondary N) is 2. The Kier molecular flexibility index (Phi) is 5.88. The Bertz CT molecular complexity index is 542. The molecule has 0 bridgehead atoms. The summed E-state index contributed by atoms with van der Waals surface area (Å²) in [5, 5.41) is 6.03. The van der Waals surface area contributed by atoms with Crippen molar-refractivity contribution in [3.8, 4) is 0 Å². The summed E-state index contributed by atoms with van der Waals surface area (Å²) in [4.78, 5) is 25.8. The molecule has 1 atom stereocenters. The van der Waals surface area contributed by atoms with E-state index in [4.69, 9.17) is 27.9 Å². The first-order valence-electron chi connectivity index (χ1n) is 6.86. The highest BCUT2D eigenvalue weighted by Crippen LogP contribution is 2.22. The molecule has 1 aromatic rings. The summed E-state index contributed by atoms with van der Waals surface area (Å²) in [5.41, 5.74) is 0.459. The number of morpholine rings is 1. The van der Waals surface area contributed by atoms with Crippen molar-refractivity contribution in [2.45, 2.75) is 13.0 Å². The lowest BCUT2D eigenvalue weighted by Crippen LogP contribution is -2.51. The molecule has 6 nitrogen and oxygen atoms in total. The first-order valence-corrected chi connectivity index (χ1v) is 7.61. The smallest absolute Gasteiger partial charge is 0.319 e. The van der Waals surface area contributed by atoms with E-state index in [1.807, 2.05) is 0 Å². The molecule has 2 rings (SSSR count). The van der Waals surface area contributed by atoms with Crippen LogP contribution in [0.15, 0.2) is 18.2 Å². The number of ether oxygens (including phenoxy) is 1. The van der Waals surface area contributed by atoms with Gasteiger partial charge in [-0.15, -0.1) is 0 Å². The van der Waals surface area contributed by atoms with Crippen molar-refractivity contribution in [1.82, 2.24) is 10.2 Å². The van der Waals surface area contributed by atoms with Crippen LogP contribution in [0.3, 0.4) is 0 Å². The van der Waals surface area contributed by atoms with Crippen molar-refractivity contribution >= 4 is 40.8 Å². The topological polar surface area (TPSA) is 70.7 Å². The largest absolute Gasteiger partial charge is 0.378 e. The van der Waals surface area contributed by atoms with E-state index in [-0.39, 0.29) is 5.91 Å². The Balaban J connectivity index is 1.89. The van der Waals surface area contributed by atoms with E-state index in [9.17, 15) is 9.59 Å². The number of benzene rings is 1. The number of carbonyl (C=O) groups excluding carboxylic acids is 2. The fourth-order valence-electron chi connectivity index (χ4n) is 2.11. The predicted molar refractivity (Wildman–Crippen MR) is 85.5 cm³/mol. The van der Waals surface area contributed by atoms with Gasteiger partial charge in [0.1, 0.15) is 6.04 Å². The lowest BCUT2D eigenvalue weighted by Gasteiger charge is -2.29. The molecule has 120 valence electrons. The van der Waals surface area contributed by atoms with Gasteiger partial charge in [0.25, 0.3) is 0 Å². The number of urea groups is 1. The highest BCUT2D eigenvalue weighted by atomic mass is 35.5. The zero-order valence-corrected chi connectivity index (χ0v) is 13.6. The SMILES string of the molecule is C[C@@H](NC(=O)Nc1cc(Cl)cc(Cl)c1)C(=O)N1CCOCC1. The first kappa shape index (κ1) is 16.9. The Hall–Kier alpha value is -1.50. The molecule has 1 saturated heterocycles. The molecular formula is C14H17Cl2N3O3. The number of halogens is 2. The molecule has 0 aliphatic carbocycles. The second kappa shape index (κ2) is 7.67. The van der Waals surface area contributed by atoms with Gasteiger partial charge in [-0.3, -0.25) is 4.79 Å². The third-order valence-electron chi connectivity index (χ3n) is 3.16. The quantitative estimate of drug-likeness (QED) is 0.883. The Morgan fingerprint density at radius 2 is 1.77 bits per heavy atom. The molecule has 2 N–H and O–H groups in total. The second-order valence-electron chi connectivity index (χ2n) is 4.92.